The van der Waals surface area contributed by atoms with Crippen LogP contribution in [0.15, 0.2) is 48.8 Å². The number of aromatic nitrogens is 1. The molecule has 0 bridgehead atoms. The molecule has 0 spiro atoms. The average Bonchev–Trinajstić information content (AvgIpc) is 2.63. The highest BCUT2D eigenvalue weighted by molar-refractivity contribution is 5.76. The fourth-order valence-electron chi connectivity index (χ4n) is 2.91. The van der Waals surface area contributed by atoms with E-state index in [2.05, 4.69) is 4.98 Å². The van der Waals surface area contributed by atoms with Crippen LogP contribution in [0, 0.1) is 5.82 Å². The number of nitrogens with zero attached hydrogens (tertiary/aromatic N) is 2. The maximum absolute atomic E-state index is 13.0. The van der Waals surface area contributed by atoms with Crippen molar-refractivity contribution in [2.45, 2.75) is 25.4 Å². The van der Waals surface area contributed by atoms with E-state index in [1.165, 1.54) is 12.1 Å². The number of amides is 1. The Balaban J connectivity index is 1.51. The number of carbonyl (C=O) groups excluding carboxylic acids is 1. The van der Waals surface area contributed by atoms with Crippen molar-refractivity contribution in [3.05, 3.63) is 65.7 Å². The van der Waals surface area contributed by atoms with E-state index in [0.717, 1.165) is 11.1 Å². The fraction of sp³-hybridized carbons (Fsp3) is 0.368. The van der Waals surface area contributed by atoms with Gasteiger partial charge < -0.3 is 9.64 Å². The molecule has 0 radical (unpaired) electrons. The van der Waals surface area contributed by atoms with Crippen LogP contribution in [0.1, 0.15) is 17.5 Å². The lowest BCUT2D eigenvalue weighted by Gasteiger charge is -2.33. The second-order valence-electron chi connectivity index (χ2n) is 6.02. The molecule has 24 heavy (non-hydrogen) atoms. The third-order valence-corrected chi connectivity index (χ3v) is 4.22. The molecule has 5 heteroatoms. The van der Waals surface area contributed by atoms with Crippen LogP contribution in [-0.2, 0) is 22.4 Å². The standard InChI is InChI=1S/C19H21FN2O2/c20-17-6-3-15(4-7-17)12-18-14-22(10-11-24-18)19(23)8-5-16-2-1-9-21-13-16/h1-4,6-7,9,13,18H,5,8,10-12,14H2/t18-/m0/s1. The molecular formula is C19H21FN2O2. The van der Waals surface area contributed by atoms with Crippen molar-refractivity contribution in [1.82, 2.24) is 9.88 Å². The number of hydrogen-bond donors (Lipinski definition) is 0. The summed E-state index contributed by atoms with van der Waals surface area (Å²) in [5.74, 6) is -0.0956. The molecule has 1 aromatic heterocycles. The first-order chi connectivity index (χ1) is 11.7. The van der Waals surface area contributed by atoms with E-state index < -0.39 is 0 Å². The van der Waals surface area contributed by atoms with E-state index in [9.17, 15) is 9.18 Å². The van der Waals surface area contributed by atoms with Gasteiger partial charge in [-0.25, -0.2) is 4.39 Å². The largest absolute Gasteiger partial charge is 0.374 e. The number of hydrogen-bond acceptors (Lipinski definition) is 3. The van der Waals surface area contributed by atoms with Crippen LogP contribution in [0.25, 0.3) is 0 Å². The topological polar surface area (TPSA) is 42.4 Å². The maximum Gasteiger partial charge on any atom is 0.223 e. The number of carbonyl (C=O) groups is 1. The second-order valence-corrected chi connectivity index (χ2v) is 6.02. The number of morpholine rings is 1. The fourth-order valence-corrected chi connectivity index (χ4v) is 2.91. The van der Waals surface area contributed by atoms with Crippen LogP contribution in [0.5, 0.6) is 0 Å². The molecule has 3 rings (SSSR count). The first kappa shape index (κ1) is 16.6. The van der Waals surface area contributed by atoms with Crippen molar-refractivity contribution in [1.29, 1.82) is 0 Å². The Morgan fingerprint density at radius 2 is 2.08 bits per heavy atom. The Bertz CT molecular complexity index is 661. The molecule has 1 aliphatic rings. The Kier molecular flexibility index (Phi) is 5.54. The van der Waals surface area contributed by atoms with E-state index in [1.807, 2.05) is 17.0 Å². The molecule has 1 fully saturated rings. The number of benzene rings is 1. The van der Waals surface area contributed by atoms with E-state index >= 15 is 0 Å². The Hall–Kier alpha value is -2.27. The molecule has 4 nitrogen and oxygen atoms in total. The zero-order valence-corrected chi connectivity index (χ0v) is 13.5. The minimum Gasteiger partial charge on any atom is -0.374 e. The number of ether oxygens (including phenoxy) is 1. The summed E-state index contributed by atoms with van der Waals surface area (Å²) in [7, 11) is 0. The van der Waals surface area contributed by atoms with Gasteiger partial charge in [0.05, 0.1) is 12.7 Å². The van der Waals surface area contributed by atoms with Gasteiger partial charge in [-0.1, -0.05) is 18.2 Å². The van der Waals surface area contributed by atoms with E-state index in [1.54, 1.807) is 24.5 Å². The van der Waals surface area contributed by atoms with Crippen LogP contribution in [-0.4, -0.2) is 41.6 Å². The lowest BCUT2D eigenvalue weighted by atomic mass is 10.1. The predicted molar refractivity (Wildman–Crippen MR) is 89.0 cm³/mol. The number of rotatable bonds is 5. The summed E-state index contributed by atoms with van der Waals surface area (Å²) in [5.41, 5.74) is 2.09. The number of halogens is 1. The van der Waals surface area contributed by atoms with E-state index in [0.29, 0.717) is 39.0 Å². The quantitative estimate of drug-likeness (QED) is 0.847. The normalized spacial score (nSPS) is 17.7. The average molecular weight is 328 g/mol. The van der Waals surface area contributed by atoms with Gasteiger partial charge in [0.15, 0.2) is 0 Å². The van der Waals surface area contributed by atoms with Crippen LogP contribution < -0.4 is 0 Å². The summed E-state index contributed by atoms with van der Waals surface area (Å²) in [6, 6.07) is 10.3. The van der Waals surface area contributed by atoms with Crippen LogP contribution in [0.3, 0.4) is 0 Å². The lowest BCUT2D eigenvalue weighted by molar-refractivity contribution is -0.138. The monoisotopic (exact) mass is 328 g/mol. The smallest absolute Gasteiger partial charge is 0.223 e. The number of pyridine rings is 1. The highest BCUT2D eigenvalue weighted by Crippen LogP contribution is 2.14. The third kappa shape index (κ3) is 4.61. The molecule has 1 aromatic carbocycles. The Labute approximate surface area is 141 Å². The van der Waals surface area contributed by atoms with Gasteiger partial charge in [-0.15, -0.1) is 0 Å². The van der Waals surface area contributed by atoms with Gasteiger partial charge in [-0.3, -0.25) is 9.78 Å². The summed E-state index contributed by atoms with van der Waals surface area (Å²) in [5, 5.41) is 0. The Morgan fingerprint density at radius 3 is 2.83 bits per heavy atom. The van der Waals surface area contributed by atoms with Crippen LogP contribution in [0.2, 0.25) is 0 Å². The predicted octanol–water partition coefficient (Wildman–Crippen LogP) is 2.62. The molecule has 0 unspecified atom stereocenters. The summed E-state index contributed by atoms with van der Waals surface area (Å²) < 4.78 is 18.7. The first-order valence-corrected chi connectivity index (χ1v) is 8.23. The second kappa shape index (κ2) is 8.02. The molecule has 1 aliphatic heterocycles. The molecule has 1 amide bonds. The lowest BCUT2D eigenvalue weighted by Crippen LogP contribution is -2.46. The summed E-state index contributed by atoms with van der Waals surface area (Å²) in [6.07, 6.45) is 5.36. The van der Waals surface area contributed by atoms with Gasteiger partial charge in [0, 0.05) is 38.3 Å². The van der Waals surface area contributed by atoms with Crippen LogP contribution >= 0.6 is 0 Å². The minimum atomic E-state index is -0.240. The van der Waals surface area contributed by atoms with Crippen molar-refractivity contribution in [2.75, 3.05) is 19.7 Å². The highest BCUT2D eigenvalue weighted by atomic mass is 19.1. The van der Waals surface area contributed by atoms with Gasteiger partial charge in [-0.05, 0) is 35.7 Å². The summed E-state index contributed by atoms with van der Waals surface area (Å²) >= 11 is 0. The zero-order valence-electron chi connectivity index (χ0n) is 13.5. The maximum atomic E-state index is 13.0. The van der Waals surface area contributed by atoms with E-state index in [-0.39, 0.29) is 17.8 Å². The van der Waals surface area contributed by atoms with Gasteiger partial charge >= 0.3 is 0 Å². The molecule has 1 atom stereocenters. The van der Waals surface area contributed by atoms with Crippen molar-refractivity contribution in [3.63, 3.8) is 0 Å². The zero-order chi connectivity index (χ0) is 16.8. The third-order valence-electron chi connectivity index (χ3n) is 4.22. The van der Waals surface area contributed by atoms with Crippen molar-refractivity contribution < 1.29 is 13.9 Å². The van der Waals surface area contributed by atoms with Crippen LogP contribution in [0.4, 0.5) is 4.39 Å². The highest BCUT2D eigenvalue weighted by Gasteiger charge is 2.24. The Morgan fingerprint density at radius 1 is 1.25 bits per heavy atom. The van der Waals surface area contributed by atoms with Crippen molar-refractivity contribution in [3.8, 4) is 0 Å². The van der Waals surface area contributed by atoms with Gasteiger partial charge in [0.1, 0.15) is 5.82 Å². The molecule has 2 aromatic rings. The molecule has 0 saturated carbocycles. The molecule has 2 heterocycles. The van der Waals surface area contributed by atoms with E-state index in [4.69, 9.17) is 4.74 Å². The SMILES string of the molecule is O=C(CCc1cccnc1)N1CCO[C@@H](Cc2ccc(F)cc2)C1. The first-order valence-electron chi connectivity index (χ1n) is 8.23. The van der Waals surface area contributed by atoms with Crippen molar-refractivity contribution in [2.24, 2.45) is 0 Å². The van der Waals surface area contributed by atoms with Gasteiger partial charge in [0.2, 0.25) is 5.91 Å². The summed E-state index contributed by atoms with van der Waals surface area (Å²) in [4.78, 5) is 18.4. The number of aryl methyl sites for hydroxylation is 1. The molecule has 0 aliphatic carbocycles. The summed E-state index contributed by atoms with van der Waals surface area (Å²) in [6.45, 7) is 1.76. The molecule has 126 valence electrons. The van der Waals surface area contributed by atoms with Gasteiger partial charge in [0.25, 0.3) is 0 Å². The molecular weight excluding hydrogens is 307 g/mol. The van der Waals surface area contributed by atoms with Crippen molar-refractivity contribution >= 4 is 5.91 Å². The molecule has 0 N–H and O–H groups in total. The molecule has 1 saturated heterocycles. The minimum absolute atomic E-state index is 0.0356. The van der Waals surface area contributed by atoms with Gasteiger partial charge in [-0.2, -0.15) is 0 Å².